The summed E-state index contributed by atoms with van der Waals surface area (Å²) in [5.41, 5.74) is 1.05. The van der Waals surface area contributed by atoms with Gasteiger partial charge < -0.3 is 15.4 Å². The summed E-state index contributed by atoms with van der Waals surface area (Å²) < 4.78 is 5.41. The van der Waals surface area contributed by atoms with Crippen molar-refractivity contribution in [2.24, 2.45) is 0 Å². The predicted octanol–water partition coefficient (Wildman–Crippen LogP) is 2.06. The van der Waals surface area contributed by atoms with Crippen molar-refractivity contribution in [3.63, 3.8) is 0 Å². The van der Waals surface area contributed by atoms with Crippen LogP contribution in [0.15, 0.2) is 6.20 Å². The quantitative estimate of drug-likeness (QED) is 0.679. The van der Waals surface area contributed by atoms with E-state index < -0.39 is 0 Å². The first kappa shape index (κ1) is 13.7. The van der Waals surface area contributed by atoms with Crippen LogP contribution in [-0.2, 0) is 4.74 Å². The fourth-order valence-corrected chi connectivity index (χ4v) is 1.37. The van der Waals surface area contributed by atoms with Gasteiger partial charge in [-0.15, -0.1) is 0 Å². The van der Waals surface area contributed by atoms with Gasteiger partial charge in [0.05, 0.1) is 0 Å². The van der Waals surface area contributed by atoms with Crippen LogP contribution >= 0.6 is 0 Å². The van der Waals surface area contributed by atoms with Crippen LogP contribution in [-0.4, -0.2) is 36.8 Å². The number of nitrogens with one attached hydrogen (secondary N) is 2. The molecule has 1 aromatic rings. The van der Waals surface area contributed by atoms with Gasteiger partial charge in [0.15, 0.2) is 0 Å². The van der Waals surface area contributed by atoms with Gasteiger partial charge in [0.2, 0.25) is 5.95 Å². The van der Waals surface area contributed by atoms with E-state index in [1.54, 1.807) is 0 Å². The molecule has 0 aliphatic rings. The van der Waals surface area contributed by atoms with Crippen molar-refractivity contribution in [1.82, 2.24) is 9.97 Å². The molecule has 0 fully saturated rings. The molecule has 96 valence electrons. The molecule has 0 unspecified atom stereocenters. The standard InChI is InChI=1S/C12H22N4O/c1-4-7-17-8-5-6-14-11-10(2)9-15-12(13-3)16-11/h9H,4-8H2,1-3H3,(H2,13,14,15,16). The number of aromatic nitrogens is 2. The fraction of sp³-hybridized carbons (Fsp3) is 0.667. The highest BCUT2D eigenvalue weighted by molar-refractivity contribution is 5.46. The highest BCUT2D eigenvalue weighted by Gasteiger charge is 2.01. The molecule has 0 aromatic carbocycles. The molecule has 1 rings (SSSR count). The molecule has 0 saturated heterocycles. The molecule has 0 amide bonds. The number of anilines is 2. The number of hydrogen-bond donors (Lipinski definition) is 2. The van der Waals surface area contributed by atoms with E-state index in [4.69, 9.17) is 4.74 Å². The first-order valence-corrected chi connectivity index (χ1v) is 6.11. The minimum atomic E-state index is 0.639. The first-order chi connectivity index (χ1) is 8.27. The summed E-state index contributed by atoms with van der Waals surface area (Å²) in [6, 6.07) is 0. The minimum absolute atomic E-state index is 0.639. The third-order valence-corrected chi connectivity index (χ3v) is 2.30. The molecule has 0 saturated carbocycles. The van der Waals surface area contributed by atoms with E-state index in [0.29, 0.717) is 5.95 Å². The Hall–Kier alpha value is -1.36. The van der Waals surface area contributed by atoms with Crippen LogP contribution < -0.4 is 10.6 Å². The Labute approximate surface area is 103 Å². The van der Waals surface area contributed by atoms with E-state index in [-0.39, 0.29) is 0 Å². The molecule has 0 aliphatic heterocycles. The van der Waals surface area contributed by atoms with Crippen LogP contribution in [0.4, 0.5) is 11.8 Å². The lowest BCUT2D eigenvalue weighted by atomic mass is 10.3. The zero-order valence-corrected chi connectivity index (χ0v) is 10.9. The second kappa shape index (κ2) is 7.84. The van der Waals surface area contributed by atoms with Crippen molar-refractivity contribution in [3.05, 3.63) is 11.8 Å². The van der Waals surface area contributed by atoms with Crippen LogP contribution in [0.1, 0.15) is 25.3 Å². The van der Waals surface area contributed by atoms with Gasteiger partial charge in [0.1, 0.15) is 5.82 Å². The molecule has 2 N–H and O–H groups in total. The highest BCUT2D eigenvalue weighted by atomic mass is 16.5. The molecular formula is C12H22N4O. The largest absolute Gasteiger partial charge is 0.381 e. The molecule has 0 bridgehead atoms. The van der Waals surface area contributed by atoms with E-state index in [0.717, 1.165) is 44.0 Å². The van der Waals surface area contributed by atoms with Crippen LogP contribution in [0.5, 0.6) is 0 Å². The van der Waals surface area contributed by atoms with E-state index in [2.05, 4.69) is 27.5 Å². The summed E-state index contributed by atoms with van der Waals surface area (Å²) in [6.45, 7) is 6.61. The van der Waals surface area contributed by atoms with E-state index >= 15 is 0 Å². The average Bonchev–Trinajstić information content (AvgIpc) is 2.35. The Morgan fingerprint density at radius 2 is 2.18 bits per heavy atom. The van der Waals surface area contributed by atoms with Gasteiger partial charge >= 0.3 is 0 Å². The van der Waals surface area contributed by atoms with E-state index in [1.807, 2.05) is 20.2 Å². The van der Waals surface area contributed by atoms with Crippen LogP contribution in [0.25, 0.3) is 0 Å². The monoisotopic (exact) mass is 238 g/mol. The summed E-state index contributed by atoms with van der Waals surface area (Å²) in [5, 5.41) is 6.22. The van der Waals surface area contributed by atoms with Gasteiger partial charge in [-0.1, -0.05) is 6.92 Å². The third-order valence-electron chi connectivity index (χ3n) is 2.30. The SMILES string of the molecule is CCCOCCCNc1nc(NC)ncc1C. The van der Waals surface area contributed by atoms with E-state index in [1.165, 1.54) is 0 Å². The number of aryl methyl sites for hydroxylation is 1. The van der Waals surface area contributed by atoms with Crippen LogP contribution in [0, 0.1) is 6.92 Å². The highest BCUT2D eigenvalue weighted by Crippen LogP contribution is 2.11. The molecule has 17 heavy (non-hydrogen) atoms. The van der Waals surface area contributed by atoms with Crippen molar-refractivity contribution in [1.29, 1.82) is 0 Å². The van der Waals surface area contributed by atoms with Gasteiger partial charge in [-0.3, -0.25) is 0 Å². The lowest BCUT2D eigenvalue weighted by Crippen LogP contribution is -2.09. The van der Waals surface area contributed by atoms with Crippen molar-refractivity contribution >= 4 is 11.8 Å². The fourth-order valence-electron chi connectivity index (χ4n) is 1.37. The topological polar surface area (TPSA) is 59.1 Å². The zero-order chi connectivity index (χ0) is 12.5. The van der Waals surface area contributed by atoms with Gasteiger partial charge in [-0.2, -0.15) is 4.98 Å². The smallest absolute Gasteiger partial charge is 0.224 e. The number of hydrogen-bond acceptors (Lipinski definition) is 5. The maximum Gasteiger partial charge on any atom is 0.224 e. The molecule has 1 aromatic heterocycles. The molecule has 1 heterocycles. The average molecular weight is 238 g/mol. The molecule has 0 atom stereocenters. The third kappa shape index (κ3) is 4.99. The maximum atomic E-state index is 5.41. The number of ether oxygens (including phenoxy) is 1. The lowest BCUT2D eigenvalue weighted by Gasteiger charge is -2.09. The van der Waals surface area contributed by atoms with Gasteiger partial charge in [0.25, 0.3) is 0 Å². The molecule has 0 radical (unpaired) electrons. The minimum Gasteiger partial charge on any atom is -0.381 e. The maximum absolute atomic E-state index is 5.41. The predicted molar refractivity (Wildman–Crippen MR) is 70.5 cm³/mol. The summed E-state index contributed by atoms with van der Waals surface area (Å²) in [4.78, 5) is 8.49. The first-order valence-electron chi connectivity index (χ1n) is 6.11. The Morgan fingerprint density at radius 3 is 2.88 bits per heavy atom. The number of nitrogens with zero attached hydrogens (tertiary/aromatic N) is 2. The zero-order valence-electron chi connectivity index (χ0n) is 10.9. The Kier molecular flexibility index (Phi) is 6.32. The molecule has 0 aliphatic carbocycles. The van der Waals surface area contributed by atoms with Gasteiger partial charge in [-0.25, -0.2) is 4.98 Å². The molecule has 5 nitrogen and oxygen atoms in total. The number of rotatable bonds is 8. The molecule has 0 spiro atoms. The van der Waals surface area contributed by atoms with Gasteiger partial charge in [0, 0.05) is 38.6 Å². The summed E-state index contributed by atoms with van der Waals surface area (Å²) in [7, 11) is 1.81. The van der Waals surface area contributed by atoms with Crippen LogP contribution in [0.2, 0.25) is 0 Å². The van der Waals surface area contributed by atoms with Crippen molar-refractivity contribution in [2.45, 2.75) is 26.7 Å². The molecular weight excluding hydrogens is 216 g/mol. The normalized spacial score (nSPS) is 10.3. The lowest BCUT2D eigenvalue weighted by molar-refractivity contribution is 0.134. The summed E-state index contributed by atoms with van der Waals surface area (Å²) in [6.07, 6.45) is 3.87. The second-order valence-electron chi connectivity index (χ2n) is 3.87. The van der Waals surface area contributed by atoms with Crippen molar-refractivity contribution in [2.75, 3.05) is 37.4 Å². The van der Waals surface area contributed by atoms with Gasteiger partial charge in [-0.05, 0) is 19.8 Å². The Balaban J connectivity index is 2.30. The Morgan fingerprint density at radius 1 is 1.35 bits per heavy atom. The Bertz CT molecular complexity index is 330. The molecule has 5 heteroatoms. The summed E-state index contributed by atoms with van der Waals surface area (Å²) in [5.74, 6) is 1.53. The van der Waals surface area contributed by atoms with Crippen molar-refractivity contribution in [3.8, 4) is 0 Å². The van der Waals surface area contributed by atoms with Crippen LogP contribution in [0.3, 0.4) is 0 Å². The second-order valence-corrected chi connectivity index (χ2v) is 3.87. The summed E-state index contributed by atoms with van der Waals surface area (Å²) >= 11 is 0. The van der Waals surface area contributed by atoms with Crippen molar-refractivity contribution < 1.29 is 4.74 Å². The van der Waals surface area contributed by atoms with E-state index in [9.17, 15) is 0 Å².